The van der Waals surface area contributed by atoms with E-state index >= 15 is 0 Å². The summed E-state index contributed by atoms with van der Waals surface area (Å²) in [4.78, 5) is 17.1. The SMILES string of the molecule is Cn1ncc2c(=O)n(CC3(O)CCNCC34CCCC4)cnc21. The highest BCUT2D eigenvalue weighted by Gasteiger charge is 2.53. The molecule has 2 N–H and O–H groups in total. The molecule has 23 heavy (non-hydrogen) atoms. The van der Waals surface area contributed by atoms with Crippen LogP contribution in [0.4, 0.5) is 0 Å². The molecule has 124 valence electrons. The van der Waals surface area contributed by atoms with Crippen LogP contribution in [0.2, 0.25) is 0 Å². The number of hydrogen-bond donors (Lipinski definition) is 2. The average Bonchev–Trinajstić information content (AvgIpc) is 3.15. The van der Waals surface area contributed by atoms with E-state index in [1.54, 1.807) is 28.8 Å². The number of fused-ring (bicyclic) bond motifs is 1. The molecular weight excluding hydrogens is 294 g/mol. The number of hydrogen-bond acceptors (Lipinski definition) is 5. The molecule has 0 radical (unpaired) electrons. The van der Waals surface area contributed by atoms with Crippen LogP contribution in [0, 0.1) is 5.41 Å². The summed E-state index contributed by atoms with van der Waals surface area (Å²) in [7, 11) is 1.77. The Kier molecular flexibility index (Phi) is 3.32. The molecular formula is C16H23N5O2. The Balaban J connectivity index is 1.74. The lowest BCUT2D eigenvalue weighted by molar-refractivity contribution is -0.115. The van der Waals surface area contributed by atoms with Gasteiger partial charge in [-0.15, -0.1) is 0 Å². The highest BCUT2D eigenvalue weighted by Crippen LogP contribution is 2.49. The lowest BCUT2D eigenvalue weighted by atomic mass is 9.66. The number of nitrogens with zero attached hydrogens (tertiary/aromatic N) is 4. The molecule has 7 nitrogen and oxygen atoms in total. The van der Waals surface area contributed by atoms with Gasteiger partial charge in [-0.25, -0.2) is 4.98 Å². The fourth-order valence-electron chi connectivity index (χ4n) is 4.45. The van der Waals surface area contributed by atoms with Gasteiger partial charge in [-0.1, -0.05) is 12.8 Å². The van der Waals surface area contributed by atoms with Crippen molar-refractivity contribution in [2.75, 3.05) is 13.1 Å². The maximum Gasteiger partial charge on any atom is 0.264 e. The molecule has 2 fully saturated rings. The second-order valence-corrected chi connectivity index (χ2v) is 7.13. The van der Waals surface area contributed by atoms with Crippen LogP contribution in [0.1, 0.15) is 32.1 Å². The molecule has 0 bridgehead atoms. The Morgan fingerprint density at radius 3 is 2.91 bits per heavy atom. The van der Waals surface area contributed by atoms with Crippen LogP contribution in [0.5, 0.6) is 0 Å². The van der Waals surface area contributed by atoms with E-state index in [0.717, 1.165) is 38.8 Å². The predicted molar refractivity (Wildman–Crippen MR) is 86.1 cm³/mol. The van der Waals surface area contributed by atoms with E-state index < -0.39 is 5.60 Å². The van der Waals surface area contributed by atoms with Crippen molar-refractivity contribution in [1.29, 1.82) is 0 Å². The lowest BCUT2D eigenvalue weighted by Crippen LogP contribution is -2.60. The second kappa shape index (κ2) is 5.14. The highest BCUT2D eigenvalue weighted by atomic mass is 16.3. The standard InChI is InChI=1S/C16H23N5O2/c1-20-13-12(8-19-20)14(22)21(11-18-13)10-16(23)6-7-17-9-15(16)4-2-3-5-15/h8,11,17,23H,2-7,9-10H2,1H3. The fourth-order valence-corrected chi connectivity index (χ4v) is 4.45. The van der Waals surface area contributed by atoms with Gasteiger partial charge in [-0.05, 0) is 25.8 Å². The molecule has 0 aromatic carbocycles. The molecule has 2 aromatic rings. The van der Waals surface area contributed by atoms with E-state index in [1.165, 1.54) is 0 Å². The zero-order chi connectivity index (χ0) is 16.1. The van der Waals surface area contributed by atoms with Crippen LogP contribution in [-0.2, 0) is 13.6 Å². The number of aryl methyl sites for hydroxylation is 1. The number of nitrogens with one attached hydrogen (secondary N) is 1. The summed E-state index contributed by atoms with van der Waals surface area (Å²) in [5, 5.41) is 19.5. The van der Waals surface area contributed by atoms with Crippen molar-refractivity contribution in [2.45, 2.75) is 44.2 Å². The first-order valence-corrected chi connectivity index (χ1v) is 8.35. The predicted octanol–water partition coefficient (Wildman–Crippen LogP) is 0.415. The summed E-state index contributed by atoms with van der Waals surface area (Å²) in [6.07, 6.45) is 8.12. The molecule has 0 amide bonds. The first kappa shape index (κ1) is 14.8. The van der Waals surface area contributed by atoms with Gasteiger partial charge in [0.15, 0.2) is 5.65 Å². The molecule has 1 aliphatic heterocycles. The summed E-state index contributed by atoms with van der Waals surface area (Å²) in [5.74, 6) is 0. The minimum atomic E-state index is -0.851. The van der Waals surface area contributed by atoms with E-state index in [-0.39, 0.29) is 11.0 Å². The molecule has 1 saturated heterocycles. The van der Waals surface area contributed by atoms with Crippen LogP contribution in [-0.4, -0.2) is 43.1 Å². The normalized spacial score (nSPS) is 27.0. The van der Waals surface area contributed by atoms with Crippen molar-refractivity contribution in [2.24, 2.45) is 12.5 Å². The van der Waals surface area contributed by atoms with Gasteiger partial charge in [0.05, 0.1) is 18.3 Å². The van der Waals surface area contributed by atoms with Crippen molar-refractivity contribution in [3.63, 3.8) is 0 Å². The molecule has 4 rings (SSSR count). The van der Waals surface area contributed by atoms with Crippen molar-refractivity contribution in [3.05, 3.63) is 22.9 Å². The van der Waals surface area contributed by atoms with Crippen LogP contribution >= 0.6 is 0 Å². The first-order chi connectivity index (χ1) is 11.0. The zero-order valence-electron chi connectivity index (χ0n) is 13.5. The summed E-state index contributed by atoms with van der Waals surface area (Å²) < 4.78 is 3.16. The Labute approximate surface area is 134 Å². The summed E-state index contributed by atoms with van der Waals surface area (Å²) in [6, 6.07) is 0. The van der Waals surface area contributed by atoms with Crippen molar-refractivity contribution in [1.82, 2.24) is 24.6 Å². The highest BCUT2D eigenvalue weighted by molar-refractivity contribution is 5.72. The Hall–Kier alpha value is -1.73. The number of rotatable bonds is 2. The molecule has 1 saturated carbocycles. The summed E-state index contributed by atoms with van der Waals surface area (Å²) >= 11 is 0. The fraction of sp³-hybridized carbons (Fsp3) is 0.688. The van der Waals surface area contributed by atoms with Gasteiger partial charge in [-0.2, -0.15) is 5.10 Å². The van der Waals surface area contributed by atoms with E-state index in [4.69, 9.17) is 0 Å². The maximum absolute atomic E-state index is 12.7. The van der Waals surface area contributed by atoms with E-state index in [0.29, 0.717) is 24.0 Å². The van der Waals surface area contributed by atoms with Gasteiger partial charge in [0.1, 0.15) is 11.7 Å². The summed E-state index contributed by atoms with van der Waals surface area (Å²) in [5.41, 5.74) is -0.507. The average molecular weight is 317 g/mol. The van der Waals surface area contributed by atoms with Crippen molar-refractivity contribution >= 4 is 11.0 Å². The smallest absolute Gasteiger partial charge is 0.264 e. The van der Waals surface area contributed by atoms with Gasteiger partial charge < -0.3 is 10.4 Å². The third-order valence-electron chi connectivity index (χ3n) is 5.88. The minimum Gasteiger partial charge on any atom is -0.387 e. The second-order valence-electron chi connectivity index (χ2n) is 7.13. The largest absolute Gasteiger partial charge is 0.387 e. The van der Waals surface area contributed by atoms with Gasteiger partial charge in [0, 0.05) is 19.0 Å². The van der Waals surface area contributed by atoms with Gasteiger partial charge in [0.25, 0.3) is 5.56 Å². The minimum absolute atomic E-state index is 0.116. The monoisotopic (exact) mass is 317 g/mol. The lowest BCUT2D eigenvalue weighted by Gasteiger charge is -2.49. The van der Waals surface area contributed by atoms with E-state index in [1.807, 2.05) is 0 Å². The van der Waals surface area contributed by atoms with Crippen molar-refractivity contribution in [3.8, 4) is 0 Å². The van der Waals surface area contributed by atoms with Crippen LogP contribution in [0.15, 0.2) is 17.3 Å². The van der Waals surface area contributed by atoms with Gasteiger partial charge in [0.2, 0.25) is 0 Å². The Morgan fingerprint density at radius 2 is 2.13 bits per heavy atom. The molecule has 1 unspecified atom stereocenters. The molecule has 1 atom stereocenters. The third kappa shape index (κ3) is 2.14. The zero-order valence-corrected chi connectivity index (χ0v) is 13.5. The van der Waals surface area contributed by atoms with Crippen molar-refractivity contribution < 1.29 is 5.11 Å². The number of piperidine rings is 1. The Morgan fingerprint density at radius 1 is 1.35 bits per heavy atom. The summed E-state index contributed by atoms with van der Waals surface area (Å²) in [6.45, 7) is 1.93. The van der Waals surface area contributed by atoms with E-state index in [9.17, 15) is 9.90 Å². The van der Waals surface area contributed by atoms with Gasteiger partial charge in [-0.3, -0.25) is 14.0 Å². The Bertz CT molecular complexity index is 789. The van der Waals surface area contributed by atoms with Gasteiger partial charge >= 0.3 is 0 Å². The third-order valence-corrected chi connectivity index (χ3v) is 5.88. The first-order valence-electron chi connectivity index (χ1n) is 8.35. The number of aromatic nitrogens is 4. The molecule has 2 aromatic heterocycles. The molecule has 3 heterocycles. The van der Waals surface area contributed by atoms with Crippen LogP contribution in [0.25, 0.3) is 11.0 Å². The molecule has 1 spiro atoms. The maximum atomic E-state index is 12.7. The van der Waals surface area contributed by atoms with E-state index in [2.05, 4.69) is 15.4 Å². The molecule has 7 heteroatoms. The molecule has 1 aliphatic carbocycles. The topological polar surface area (TPSA) is 85.0 Å². The number of aliphatic hydroxyl groups is 1. The van der Waals surface area contributed by atoms with Crippen LogP contribution < -0.4 is 10.9 Å². The van der Waals surface area contributed by atoms with Crippen LogP contribution in [0.3, 0.4) is 0 Å². The quantitative estimate of drug-likeness (QED) is 0.838. The molecule has 2 aliphatic rings.